The third kappa shape index (κ3) is 3.28. The van der Waals surface area contributed by atoms with Gasteiger partial charge in [0.25, 0.3) is 5.91 Å². The maximum Gasteiger partial charge on any atom is 0.293 e. The SMILES string of the molecule is CNCC1CCN(C(=O)c2nc(C3CC3)n(-c3ccccc3Cl)n2)C1. The van der Waals surface area contributed by atoms with E-state index in [1.165, 1.54) is 0 Å². The van der Waals surface area contributed by atoms with Gasteiger partial charge in [-0.2, -0.15) is 0 Å². The van der Waals surface area contributed by atoms with Crippen LogP contribution in [0.1, 0.15) is 41.6 Å². The Morgan fingerprint density at radius 3 is 2.84 bits per heavy atom. The molecule has 7 heteroatoms. The standard InChI is InChI=1S/C18H22ClN5O/c1-20-10-12-8-9-23(11-12)18(25)16-21-17(13-6-7-13)24(22-16)15-5-3-2-4-14(15)19/h2-5,12-13,20H,6-11H2,1H3. The fourth-order valence-electron chi connectivity index (χ4n) is 3.44. The van der Waals surface area contributed by atoms with E-state index in [-0.39, 0.29) is 11.7 Å². The number of rotatable bonds is 5. The number of aromatic nitrogens is 3. The Hall–Kier alpha value is -1.92. The van der Waals surface area contributed by atoms with Crippen molar-refractivity contribution < 1.29 is 4.79 Å². The highest BCUT2D eigenvalue weighted by atomic mass is 35.5. The van der Waals surface area contributed by atoms with Gasteiger partial charge in [0.05, 0.1) is 10.7 Å². The molecule has 0 radical (unpaired) electrons. The van der Waals surface area contributed by atoms with E-state index in [1.807, 2.05) is 36.2 Å². The van der Waals surface area contributed by atoms with Crippen molar-refractivity contribution >= 4 is 17.5 Å². The summed E-state index contributed by atoms with van der Waals surface area (Å²) in [6.07, 6.45) is 3.20. The summed E-state index contributed by atoms with van der Waals surface area (Å²) in [6.45, 7) is 2.46. The average molecular weight is 360 g/mol. The highest BCUT2D eigenvalue weighted by Gasteiger charge is 2.34. The lowest BCUT2D eigenvalue weighted by Gasteiger charge is -2.14. The smallest absolute Gasteiger partial charge is 0.293 e. The Bertz CT molecular complexity index is 786. The minimum Gasteiger partial charge on any atom is -0.336 e. The van der Waals surface area contributed by atoms with Gasteiger partial charge in [0.1, 0.15) is 5.82 Å². The Balaban J connectivity index is 1.62. The van der Waals surface area contributed by atoms with Gasteiger partial charge in [0, 0.05) is 19.0 Å². The first-order valence-corrected chi connectivity index (χ1v) is 9.21. The predicted molar refractivity (Wildman–Crippen MR) is 96.3 cm³/mol. The molecule has 1 saturated carbocycles. The predicted octanol–water partition coefficient (Wildman–Crippen LogP) is 2.48. The molecule has 1 unspecified atom stereocenters. The Morgan fingerprint density at radius 2 is 2.12 bits per heavy atom. The van der Waals surface area contributed by atoms with Gasteiger partial charge in [-0.05, 0) is 50.9 Å². The van der Waals surface area contributed by atoms with Crippen LogP contribution in [0.4, 0.5) is 0 Å². The summed E-state index contributed by atoms with van der Waals surface area (Å²) in [6, 6.07) is 7.55. The summed E-state index contributed by atoms with van der Waals surface area (Å²) >= 11 is 6.33. The van der Waals surface area contributed by atoms with E-state index >= 15 is 0 Å². The van der Waals surface area contributed by atoms with Crippen LogP contribution in [0.2, 0.25) is 5.02 Å². The van der Waals surface area contributed by atoms with Crippen LogP contribution in [0.5, 0.6) is 0 Å². The molecule has 1 aliphatic carbocycles. The molecule has 25 heavy (non-hydrogen) atoms. The van der Waals surface area contributed by atoms with Gasteiger partial charge >= 0.3 is 0 Å². The van der Waals surface area contributed by atoms with E-state index in [9.17, 15) is 4.79 Å². The molecule has 0 spiro atoms. The summed E-state index contributed by atoms with van der Waals surface area (Å²) in [5.41, 5.74) is 0.784. The van der Waals surface area contributed by atoms with E-state index in [0.29, 0.717) is 16.9 Å². The van der Waals surface area contributed by atoms with Crippen LogP contribution in [-0.4, -0.2) is 52.3 Å². The highest BCUT2D eigenvalue weighted by molar-refractivity contribution is 6.32. The molecule has 1 saturated heterocycles. The zero-order valence-electron chi connectivity index (χ0n) is 14.3. The Kier molecular flexibility index (Phi) is 4.48. The molecule has 2 aliphatic rings. The van der Waals surface area contributed by atoms with Crippen molar-refractivity contribution in [3.63, 3.8) is 0 Å². The fraction of sp³-hybridized carbons (Fsp3) is 0.500. The van der Waals surface area contributed by atoms with E-state index in [4.69, 9.17) is 11.6 Å². The molecule has 132 valence electrons. The van der Waals surface area contributed by atoms with Crippen LogP contribution in [0.3, 0.4) is 0 Å². The van der Waals surface area contributed by atoms with Gasteiger partial charge in [-0.3, -0.25) is 4.79 Å². The van der Waals surface area contributed by atoms with Crippen molar-refractivity contribution in [1.82, 2.24) is 25.0 Å². The van der Waals surface area contributed by atoms with Crippen LogP contribution < -0.4 is 5.32 Å². The van der Waals surface area contributed by atoms with Gasteiger partial charge in [0.2, 0.25) is 5.82 Å². The van der Waals surface area contributed by atoms with E-state index < -0.39 is 0 Å². The summed E-state index contributed by atoms with van der Waals surface area (Å²) < 4.78 is 1.76. The average Bonchev–Trinajstić information content (AvgIpc) is 3.19. The minimum atomic E-state index is -0.0775. The fourth-order valence-corrected chi connectivity index (χ4v) is 3.65. The monoisotopic (exact) mass is 359 g/mol. The lowest BCUT2D eigenvalue weighted by molar-refractivity contribution is 0.0775. The van der Waals surface area contributed by atoms with E-state index in [1.54, 1.807) is 4.68 Å². The topological polar surface area (TPSA) is 63.1 Å². The first-order chi connectivity index (χ1) is 12.2. The number of likely N-dealkylation sites (tertiary alicyclic amines) is 1. The van der Waals surface area contributed by atoms with Crippen molar-refractivity contribution in [2.75, 3.05) is 26.7 Å². The van der Waals surface area contributed by atoms with Crippen molar-refractivity contribution in [3.05, 3.63) is 40.9 Å². The van der Waals surface area contributed by atoms with Crippen molar-refractivity contribution in [2.24, 2.45) is 5.92 Å². The van der Waals surface area contributed by atoms with Crippen LogP contribution >= 0.6 is 11.6 Å². The molecule has 2 heterocycles. The molecule has 0 bridgehead atoms. The Morgan fingerprint density at radius 1 is 1.32 bits per heavy atom. The lowest BCUT2D eigenvalue weighted by Crippen LogP contribution is -2.31. The summed E-state index contributed by atoms with van der Waals surface area (Å²) in [4.78, 5) is 19.3. The van der Waals surface area contributed by atoms with Gasteiger partial charge in [-0.15, -0.1) is 5.10 Å². The molecular formula is C18H22ClN5O. The second kappa shape index (κ2) is 6.77. The van der Waals surface area contributed by atoms with Crippen molar-refractivity contribution in [3.8, 4) is 5.69 Å². The molecule has 6 nitrogen and oxygen atoms in total. The third-order valence-electron chi connectivity index (χ3n) is 4.91. The maximum atomic E-state index is 12.9. The normalized spacial score (nSPS) is 20.2. The molecule has 1 amide bonds. The van der Waals surface area contributed by atoms with Crippen LogP contribution in [0.15, 0.2) is 24.3 Å². The molecule has 1 aliphatic heterocycles. The molecule has 1 aromatic carbocycles. The molecule has 1 atom stereocenters. The number of amides is 1. The number of halogens is 1. The van der Waals surface area contributed by atoms with Crippen LogP contribution in [0.25, 0.3) is 5.69 Å². The zero-order chi connectivity index (χ0) is 17.4. The number of hydrogen-bond donors (Lipinski definition) is 1. The third-order valence-corrected chi connectivity index (χ3v) is 5.23. The number of hydrogen-bond acceptors (Lipinski definition) is 4. The van der Waals surface area contributed by atoms with E-state index in [0.717, 1.165) is 50.4 Å². The number of carbonyl (C=O) groups excluding carboxylic acids is 1. The number of nitrogens with zero attached hydrogens (tertiary/aromatic N) is 4. The number of para-hydroxylation sites is 1. The van der Waals surface area contributed by atoms with Crippen LogP contribution in [-0.2, 0) is 0 Å². The largest absolute Gasteiger partial charge is 0.336 e. The van der Waals surface area contributed by atoms with Gasteiger partial charge in [-0.25, -0.2) is 9.67 Å². The van der Waals surface area contributed by atoms with Crippen LogP contribution in [0, 0.1) is 5.92 Å². The number of benzene rings is 1. The minimum absolute atomic E-state index is 0.0775. The second-order valence-corrected chi connectivity index (χ2v) is 7.30. The number of carbonyl (C=O) groups is 1. The maximum absolute atomic E-state index is 12.9. The lowest BCUT2D eigenvalue weighted by atomic mass is 10.1. The summed E-state index contributed by atoms with van der Waals surface area (Å²) in [5.74, 6) is 1.93. The second-order valence-electron chi connectivity index (χ2n) is 6.89. The highest BCUT2D eigenvalue weighted by Crippen LogP contribution is 2.40. The zero-order valence-corrected chi connectivity index (χ0v) is 15.0. The van der Waals surface area contributed by atoms with Gasteiger partial charge in [-0.1, -0.05) is 23.7 Å². The first-order valence-electron chi connectivity index (χ1n) is 8.83. The van der Waals surface area contributed by atoms with Gasteiger partial charge < -0.3 is 10.2 Å². The molecule has 1 N–H and O–H groups in total. The Labute approximate surface area is 152 Å². The molecule has 1 aromatic heterocycles. The van der Waals surface area contributed by atoms with Crippen molar-refractivity contribution in [2.45, 2.75) is 25.2 Å². The quantitative estimate of drug-likeness (QED) is 0.890. The molecular weight excluding hydrogens is 338 g/mol. The molecule has 4 rings (SSSR count). The first kappa shape index (κ1) is 16.5. The molecule has 2 fully saturated rings. The summed E-state index contributed by atoms with van der Waals surface area (Å²) in [7, 11) is 1.94. The van der Waals surface area contributed by atoms with Gasteiger partial charge in [0.15, 0.2) is 0 Å². The molecule has 2 aromatic rings. The summed E-state index contributed by atoms with van der Waals surface area (Å²) in [5, 5.41) is 8.33. The number of nitrogens with one attached hydrogen (secondary N) is 1. The van der Waals surface area contributed by atoms with E-state index in [2.05, 4.69) is 15.4 Å². The van der Waals surface area contributed by atoms with Crippen molar-refractivity contribution in [1.29, 1.82) is 0 Å².